The van der Waals surface area contributed by atoms with Crippen LogP contribution in [0.4, 0.5) is 4.79 Å². The molecule has 2 aromatic rings. The minimum atomic E-state index is -0.546. The first-order valence-corrected chi connectivity index (χ1v) is 7.25. The van der Waals surface area contributed by atoms with Crippen molar-refractivity contribution in [2.24, 2.45) is 0 Å². The van der Waals surface area contributed by atoms with E-state index in [9.17, 15) is 14.4 Å². The van der Waals surface area contributed by atoms with Crippen molar-refractivity contribution in [1.82, 2.24) is 29.9 Å². The molecule has 1 aliphatic rings. The zero-order chi connectivity index (χ0) is 16.4. The van der Waals surface area contributed by atoms with Gasteiger partial charge in [-0.05, 0) is 12.5 Å². The average Bonchev–Trinajstić information content (AvgIpc) is 3.10. The van der Waals surface area contributed by atoms with Gasteiger partial charge in [0.25, 0.3) is 5.91 Å². The number of rotatable bonds is 5. The van der Waals surface area contributed by atoms with Crippen LogP contribution in [0.25, 0.3) is 5.78 Å². The van der Waals surface area contributed by atoms with Gasteiger partial charge in [0.15, 0.2) is 0 Å². The quantitative estimate of drug-likeness (QED) is 0.746. The fourth-order valence-electron chi connectivity index (χ4n) is 2.40. The second kappa shape index (κ2) is 6.03. The number of hydrogen-bond donors (Lipinski definition) is 2. The Morgan fingerprint density at radius 3 is 2.96 bits per heavy atom. The van der Waals surface area contributed by atoms with Crippen LogP contribution in [0, 0.1) is 0 Å². The molecule has 4 amide bonds. The maximum Gasteiger partial charge on any atom is 0.325 e. The van der Waals surface area contributed by atoms with Crippen molar-refractivity contribution in [3.8, 4) is 0 Å². The number of imidazole rings is 1. The van der Waals surface area contributed by atoms with Gasteiger partial charge in [-0.2, -0.15) is 0 Å². The van der Waals surface area contributed by atoms with Gasteiger partial charge < -0.3 is 10.6 Å². The number of carbonyl (C=O) groups is 3. The van der Waals surface area contributed by atoms with Crippen molar-refractivity contribution in [3.05, 3.63) is 30.4 Å². The maximum absolute atomic E-state index is 12.1. The van der Waals surface area contributed by atoms with Crippen LogP contribution in [0.1, 0.15) is 25.1 Å². The lowest BCUT2D eigenvalue weighted by Crippen LogP contribution is -2.42. The lowest BCUT2D eigenvalue weighted by Gasteiger charge is -2.17. The molecule has 0 aromatic carbocycles. The Hall–Kier alpha value is -2.97. The molecule has 2 aromatic heterocycles. The van der Waals surface area contributed by atoms with E-state index in [2.05, 4.69) is 20.6 Å². The standard InChI is InChI=1S/C14H16N6O3/c1-2-9(10-7-19-5-3-4-15-13(19)18-10)17-11(21)8-20-12(22)6-16-14(20)23/h3-5,7,9H,2,6,8H2,1H3,(H,16,23)(H,17,21)/t9-/m0/s1. The van der Waals surface area contributed by atoms with Crippen LogP contribution in [-0.2, 0) is 9.59 Å². The molecular weight excluding hydrogens is 300 g/mol. The van der Waals surface area contributed by atoms with Crippen molar-refractivity contribution >= 4 is 23.6 Å². The molecule has 0 spiro atoms. The third-order valence-electron chi connectivity index (χ3n) is 3.59. The van der Waals surface area contributed by atoms with Crippen LogP contribution < -0.4 is 10.6 Å². The Balaban J connectivity index is 1.70. The topological polar surface area (TPSA) is 109 Å². The fraction of sp³-hybridized carbons (Fsp3) is 0.357. The van der Waals surface area contributed by atoms with Crippen molar-refractivity contribution in [2.45, 2.75) is 19.4 Å². The second-order valence-electron chi connectivity index (χ2n) is 5.16. The number of urea groups is 1. The summed E-state index contributed by atoms with van der Waals surface area (Å²) >= 11 is 0. The summed E-state index contributed by atoms with van der Waals surface area (Å²) in [6.45, 7) is 1.55. The molecule has 0 radical (unpaired) electrons. The Kier molecular flexibility index (Phi) is 3.92. The molecule has 2 N–H and O–H groups in total. The highest BCUT2D eigenvalue weighted by Crippen LogP contribution is 2.16. The lowest BCUT2D eigenvalue weighted by atomic mass is 10.1. The van der Waals surface area contributed by atoms with E-state index in [1.807, 2.05) is 13.1 Å². The minimum Gasteiger partial charge on any atom is -0.346 e. The van der Waals surface area contributed by atoms with E-state index in [0.29, 0.717) is 17.9 Å². The predicted octanol–water partition coefficient (Wildman–Crippen LogP) is -0.152. The molecule has 1 aliphatic heterocycles. The zero-order valence-electron chi connectivity index (χ0n) is 12.5. The molecule has 1 atom stereocenters. The first-order valence-electron chi connectivity index (χ1n) is 7.25. The van der Waals surface area contributed by atoms with Gasteiger partial charge in [-0.1, -0.05) is 6.92 Å². The summed E-state index contributed by atoms with van der Waals surface area (Å²) in [5, 5.41) is 5.17. The highest BCUT2D eigenvalue weighted by molar-refractivity contribution is 6.04. The molecule has 0 bridgehead atoms. The van der Waals surface area contributed by atoms with Gasteiger partial charge in [0.1, 0.15) is 6.54 Å². The molecule has 0 saturated carbocycles. The molecule has 120 valence electrons. The summed E-state index contributed by atoms with van der Waals surface area (Å²) in [5.74, 6) is -0.272. The Labute approximate surface area is 131 Å². The largest absolute Gasteiger partial charge is 0.346 e. The monoisotopic (exact) mass is 316 g/mol. The number of hydrogen-bond acceptors (Lipinski definition) is 5. The summed E-state index contributed by atoms with van der Waals surface area (Å²) in [6.07, 6.45) is 5.88. The average molecular weight is 316 g/mol. The number of fused-ring (bicyclic) bond motifs is 1. The van der Waals surface area contributed by atoms with Gasteiger partial charge >= 0.3 is 6.03 Å². The van der Waals surface area contributed by atoms with E-state index >= 15 is 0 Å². The summed E-state index contributed by atoms with van der Waals surface area (Å²) in [5.41, 5.74) is 0.678. The van der Waals surface area contributed by atoms with E-state index in [1.165, 1.54) is 0 Å². The number of nitrogens with one attached hydrogen (secondary N) is 2. The smallest absolute Gasteiger partial charge is 0.325 e. The van der Waals surface area contributed by atoms with Crippen molar-refractivity contribution in [3.63, 3.8) is 0 Å². The SMILES string of the molecule is CC[C@H](NC(=O)CN1C(=O)CNC1=O)c1cn2cccnc2n1. The third-order valence-corrected chi connectivity index (χ3v) is 3.59. The molecule has 9 nitrogen and oxygen atoms in total. The molecule has 3 heterocycles. The number of aromatic nitrogens is 3. The zero-order valence-corrected chi connectivity index (χ0v) is 12.5. The van der Waals surface area contributed by atoms with Gasteiger partial charge in [-0.25, -0.2) is 14.8 Å². The van der Waals surface area contributed by atoms with Crippen LogP contribution in [0.3, 0.4) is 0 Å². The van der Waals surface area contributed by atoms with Gasteiger partial charge in [0.05, 0.1) is 18.3 Å². The Morgan fingerprint density at radius 1 is 1.48 bits per heavy atom. The highest BCUT2D eigenvalue weighted by atomic mass is 16.2. The summed E-state index contributed by atoms with van der Waals surface area (Å²) in [7, 11) is 0. The van der Waals surface area contributed by atoms with Gasteiger partial charge in [-0.15, -0.1) is 0 Å². The van der Waals surface area contributed by atoms with Gasteiger partial charge in [-0.3, -0.25) is 18.9 Å². The number of carbonyl (C=O) groups excluding carboxylic acids is 3. The van der Waals surface area contributed by atoms with Crippen LogP contribution >= 0.6 is 0 Å². The summed E-state index contributed by atoms with van der Waals surface area (Å²) in [4.78, 5) is 44.5. The molecule has 23 heavy (non-hydrogen) atoms. The van der Waals surface area contributed by atoms with Gasteiger partial charge in [0, 0.05) is 18.6 Å². The molecule has 0 unspecified atom stereocenters. The fourth-order valence-corrected chi connectivity index (χ4v) is 2.40. The summed E-state index contributed by atoms with van der Waals surface area (Å²) < 4.78 is 1.77. The first-order chi connectivity index (χ1) is 11.1. The molecule has 0 aliphatic carbocycles. The number of nitrogens with zero attached hydrogens (tertiary/aromatic N) is 4. The highest BCUT2D eigenvalue weighted by Gasteiger charge is 2.30. The molecule has 1 fully saturated rings. The molecule has 9 heteroatoms. The van der Waals surface area contributed by atoms with Crippen molar-refractivity contribution < 1.29 is 14.4 Å². The molecular formula is C14H16N6O3. The van der Waals surface area contributed by atoms with E-state index in [1.54, 1.807) is 22.9 Å². The molecule has 3 rings (SSSR count). The van der Waals surface area contributed by atoms with E-state index in [0.717, 1.165) is 4.90 Å². The third kappa shape index (κ3) is 2.98. The van der Waals surface area contributed by atoms with Crippen LogP contribution in [0.2, 0.25) is 0 Å². The Morgan fingerprint density at radius 2 is 2.30 bits per heavy atom. The van der Waals surface area contributed by atoms with E-state index in [4.69, 9.17) is 0 Å². The van der Waals surface area contributed by atoms with Gasteiger partial charge in [0.2, 0.25) is 11.7 Å². The number of imide groups is 1. The summed E-state index contributed by atoms with van der Waals surface area (Å²) in [6, 6.07) is 0.926. The van der Waals surface area contributed by atoms with Crippen molar-refractivity contribution in [1.29, 1.82) is 0 Å². The normalized spacial score (nSPS) is 15.8. The number of amides is 4. The van der Waals surface area contributed by atoms with Crippen LogP contribution in [0.15, 0.2) is 24.7 Å². The van der Waals surface area contributed by atoms with Crippen LogP contribution in [0.5, 0.6) is 0 Å². The second-order valence-corrected chi connectivity index (χ2v) is 5.16. The van der Waals surface area contributed by atoms with E-state index in [-0.39, 0.29) is 19.1 Å². The van der Waals surface area contributed by atoms with E-state index < -0.39 is 17.8 Å². The van der Waals surface area contributed by atoms with Crippen molar-refractivity contribution in [2.75, 3.05) is 13.1 Å². The maximum atomic E-state index is 12.1. The van der Waals surface area contributed by atoms with Crippen LogP contribution in [-0.4, -0.2) is 50.2 Å². The predicted molar refractivity (Wildman–Crippen MR) is 79.3 cm³/mol. The lowest BCUT2D eigenvalue weighted by molar-refractivity contribution is -0.131. The Bertz CT molecular complexity index is 722. The minimum absolute atomic E-state index is 0.0680. The molecule has 1 saturated heterocycles. The first kappa shape index (κ1) is 14.9.